The highest BCUT2D eigenvalue weighted by molar-refractivity contribution is 5.92. The van der Waals surface area contributed by atoms with Crippen LogP contribution in [0.3, 0.4) is 0 Å². The summed E-state index contributed by atoms with van der Waals surface area (Å²) < 4.78 is 16.4. The van der Waals surface area contributed by atoms with E-state index in [0.29, 0.717) is 28.2 Å². The Labute approximate surface area is 138 Å². The lowest BCUT2D eigenvalue weighted by Gasteiger charge is -2.13. The molecule has 0 aliphatic carbocycles. The Morgan fingerprint density at radius 2 is 1.67 bits per heavy atom. The first-order valence-electron chi connectivity index (χ1n) is 7.15. The number of ether oxygens (including phenoxy) is 3. The van der Waals surface area contributed by atoms with Crippen LogP contribution in [0.5, 0.6) is 23.0 Å². The van der Waals surface area contributed by atoms with Gasteiger partial charge in [0.2, 0.25) is 0 Å². The van der Waals surface area contributed by atoms with Gasteiger partial charge in [0.15, 0.2) is 11.5 Å². The molecule has 0 atom stereocenters. The van der Waals surface area contributed by atoms with Crippen molar-refractivity contribution in [1.29, 1.82) is 0 Å². The zero-order chi connectivity index (χ0) is 17.1. The van der Waals surface area contributed by atoms with Gasteiger partial charge in [-0.15, -0.1) is 0 Å². The summed E-state index contributed by atoms with van der Waals surface area (Å²) in [5.74, 6) is 0.778. The quantitative estimate of drug-likeness (QED) is 0.770. The molecular formula is C18H15NO5. The van der Waals surface area contributed by atoms with Crippen LogP contribution >= 0.6 is 0 Å². The fourth-order valence-electron chi connectivity index (χ4n) is 2.39. The van der Waals surface area contributed by atoms with Gasteiger partial charge in [0.25, 0.3) is 0 Å². The van der Waals surface area contributed by atoms with Crippen molar-refractivity contribution in [3.05, 3.63) is 54.2 Å². The second-order valence-corrected chi connectivity index (χ2v) is 4.94. The van der Waals surface area contributed by atoms with E-state index in [2.05, 4.69) is 4.98 Å². The van der Waals surface area contributed by atoms with E-state index in [1.165, 1.54) is 6.07 Å². The lowest BCUT2D eigenvalue weighted by atomic mass is 10.1. The minimum Gasteiger partial charge on any atom is -0.493 e. The molecule has 0 fully saturated rings. The van der Waals surface area contributed by atoms with Crippen molar-refractivity contribution >= 4 is 16.9 Å². The van der Waals surface area contributed by atoms with Gasteiger partial charge in [-0.2, -0.15) is 0 Å². The molecule has 6 heteroatoms. The van der Waals surface area contributed by atoms with E-state index >= 15 is 0 Å². The third-order valence-corrected chi connectivity index (χ3v) is 3.54. The Hall–Kier alpha value is -3.28. The van der Waals surface area contributed by atoms with Gasteiger partial charge >= 0.3 is 5.97 Å². The largest absolute Gasteiger partial charge is 0.493 e. The first-order valence-corrected chi connectivity index (χ1v) is 7.15. The van der Waals surface area contributed by atoms with E-state index in [-0.39, 0.29) is 11.3 Å². The van der Waals surface area contributed by atoms with Crippen molar-refractivity contribution in [3.8, 4) is 23.0 Å². The maximum absolute atomic E-state index is 11.3. The molecule has 122 valence electrons. The molecule has 0 aliphatic heterocycles. The Balaban J connectivity index is 2.12. The smallest absolute Gasteiger partial charge is 0.339 e. The summed E-state index contributed by atoms with van der Waals surface area (Å²) in [5.41, 5.74) is 0.737. The standard InChI is InChI=1S/C18H15NO5/c1-22-16-9-12-13(10-17(16)23-2)19-8-7-15(12)24-14-6-4-3-5-11(14)18(20)21/h3-10H,1-2H3,(H,20,21). The molecule has 6 nitrogen and oxygen atoms in total. The molecule has 0 spiro atoms. The predicted octanol–water partition coefficient (Wildman–Crippen LogP) is 3.74. The van der Waals surface area contributed by atoms with Crippen molar-refractivity contribution in [1.82, 2.24) is 4.98 Å². The fourth-order valence-corrected chi connectivity index (χ4v) is 2.39. The molecule has 2 aromatic carbocycles. The number of hydrogen-bond donors (Lipinski definition) is 1. The molecular weight excluding hydrogens is 310 g/mol. The number of aromatic carboxylic acids is 1. The normalized spacial score (nSPS) is 10.4. The zero-order valence-electron chi connectivity index (χ0n) is 13.1. The van der Waals surface area contributed by atoms with Crippen molar-refractivity contribution in [3.63, 3.8) is 0 Å². The van der Waals surface area contributed by atoms with Crippen LogP contribution in [0.2, 0.25) is 0 Å². The van der Waals surface area contributed by atoms with Gasteiger partial charge < -0.3 is 19.3 Å². The van der Waals surface area contributed by atoms with Gasteiger partial charge in [0.05, 0.1) is 19.7 Å². The van der Waals surface area contributed by atoms with Crippen molar-refractivity contribution in [2.75, 3.05) is 14.2 Å². The monoisotopic (exact) mass is 325 g/mol. The van der Waals surface area contributed by atoms with Gasteiger partial charge in [-0.3, -0.25) is 4.98 Å². The van der Waals surface area contributed by atoms with Gasteiger partial charge in [0, 0.05) is 17.6 Å². The number of pyridine rings is 1. The summed E-state index contributed by atoms with van der Waals surface area (Å²) in [4.78, 5) is 15.6. The molecule has 0 unspecified atom stereocenters. The highest BCUT2D eigenvalue weighted by Gasteiger charge is 2.14. The second kappa shape index (κ2) is 6.45. The second-order valence-electron chi connectivity index (χ2n) is 4.94. The van der Waals surface area contributed by atoms with Gasteiger partial charge in [0.1, 0.15) is 17.1 Å². The third kappa shape index (κ3) is 2.81. The van der Waals surface area contributed by atoms with Crippen molar-refractivity contribution < 1.29 is 24.1 Å². The number of benzene rings is 2. The number of hydrogen-bond acceptors (Lipinski definition) is 5. The number of carbonyl (C=O) groups is 1. The number of carboxylic acids is 1. The van der Waals surface area contributed by atoms with Crippen LogP contribution in [0.15, 0.2) is 48.7 Å². The molecule has 3 rings (SSSR count). The highest BCUT2D eigenvalue weighted by Crippen LogP contribution is 2.37. The molecule has 0 radical (unpaired) electrons. The van der Waals surface area contributed by atoms with E-state index in [1.807, 2.05) is 0 Å². The highest BCUT2D eigenvalue weighted by atomic mass is 16.5. The Morgan fingerprint density at radius 3 is 2.38 bits per heavy atom. The number of para-hydroxylation sites is 1. The molecule has 1 N–H and O–H groups in total. The molecule has 0 saturated heterocycles. The Kier molecular flexibility index (Phi) is 4.20. The minimum atomic E-state index is -1.05. The van der Waals surface area contributed by atoms with E-state index < -0.39 is 5.97 Å². The number of nitrogens with zero attached hydrogens (tertiary/aromatic N) is 1. The van der Waals surface area contributed by atoms with Gasteiger partial charge in [-0.05, 0) is 24.3 Å². The molecule has 1 heterocycles. The van der Waals surface area contributed by atoms with Crippen molar-refractivity contribution in [2.24, 2.45) is 0 Å². The Bertz CT molecular complexity index is 907. The van der Waals surface area contributed by atoms with Crippen LogP contribution in [0, 0.1) is 0 Å². The molecule has 0 bridgehead atoms. The molecule has 3 aromatic rings. The number of methoxy groups -OCH3 is 2. The maximum atomic E-state index is 11.3. The first kappa shape index (κ1) is 15.6. The summed E-state index contributed by atoms with van der Waals surface area (Å²) in [7, 11) is 3.09. The SMILES string of the molecule is COc1cc2nccc(Oc3ccccc3C(=O)O)c2cc1OC. The average Bonchev–Trinajstić information content (AvgIpc) is 2.61. The maximum Gasteiger partial charge on any atom is 0.339 e. The predicted molar refractivity (Wildman–Crippen MR) is 88.3 cm³/mol. The Morgan fingerprint density at radius 1 is 0.958 bits per heavy atom. The third-order valence-electron chi connectivity index (χ3n) is 3.54. The molecule has 0 saturated carbocycles. The van der Waals surface area contributed by atoms with E-state index in [0.717, 1.165) is 0 Å². The average molecular weight is 325 g/mol. The summed E-state index contributed by atoms with van der Waals surface area (Å²) in [6.45, 7) is 0. The summed E-state index contributed by atoms with van der Waals surface area (Å²) in [5, 5.41) is 9.97. The minimum absolute atomic E-state index is 0.0861. The van der Waals surface area contributed by atoms with Crippen molar-refractivity contribution in [2.45, 2.75) is 0 Å². The van der Waals surface area contributed by atoms with Crippen LogP contribution in [-0.4, -0.2) is 30.3 Å². The number of carboxylic acid groups (broad SMARTS) is 1. The van der Waals surface area contributed by atoms with E-state index in [4.69, 9.17) is 14.2 Å². The molecule has 24 heavy (non-hydrogen) atoms. The molecule has 1 aromatic heterocycles. The van der Waals surface area contributed by atoms with Gasteiger partial charge in [-0.1, -0.05) is 12.1 Å². The summed E-state index contributed by atoms with van der Waals surface area (Å²) in [6, 6.07) is 11.6. The summed E-state index contributed by atoms with van der Waals surface area (Å²) >= 11 is 0. The number of aromatic nitrogens is 1. The zero-order valence-corrected chi connectivity index (χ0v) is 13.1. The number of rotatable bonds is 5. The van der Waals surface area contributed by atoms with Crippen LogP contribution in [-0.2, 0) is 0 Å². The van der Waals surface area contributed by atoms with Crippen LogP contribution < -0.4 is 14.2 Å². The molecule has 0 aliphatic rings. The first-order chi connectivity index (χ1) is 11.6. The van der Waals surface area contributed by atoms with Crippen LogP contribution in [0.1, 0.15) is 10.4 Å². The van der Waals surface area contributed by atoms with E-state index in [1.54, 1.807) is 56.8 Å². The topological polar surface area (TPSA) is 77.9 Å². The fraction of sp³-hybridized carbons (Fsp3) is 0.111. The summed E-state index contributed by atoms with van der Waals surface area (Å²) in [6.07, 6.45) is 1.59. The lowest BCUT2D eigenvalue weighted by molar-refractivity contribution is 0.0694. The number of fused-ring (bicyclic) bond motifs is 1. The van der Waals surface area contributed by atoms with Crippen LogP contribution in [0.25, 0.3) is 10.9 Å². The van der Waals surface area contributed by atoms with Crippen LogP contribution in [0.4, 0.5) is 0 Å². The van der Waals surface area contributed by atoms with Gasteiger partial charge in [-0.25, -0.2) is 4.79 Å². The lowest BCUT2D eigenvalue weighted by Crippen LogP contribution is -2.00. The molecule has 0 amide bonds. The van der Waals surface area contributed by atoms with E-state index in [9.17, 15) is 9.90 Å².